The molecule has 2 fully saturated rings. The summed E-state index contributed by atoms with van der Waals surface area (Å²) in [4.78, 5) is 27.6. The van der Waals surface area contributed by atoms with Crippen LogP contribution in [0.15, 0.2) is 4.99 Å². The molecule has 0 spiro atoms. The molecule has 2 atom stereocenters. The van der Waals surface area contributed by atoms with E-state index in [2.05, 4.69) is 4.99 Å². The number of amides is 2. The van der Waals surface area contributed by atoms with Crippen LogP contribution in [0.1, 0.15) is 13.8 Å². The lowest BCUT2D eigenvalue weighted by molar-refractivity contribution is -0.125. The van der Waals surface area contributed by atoms with Gasteiger partial charge in [0, 0.05) is 19.1 Å². The topological polar surface area (TPSA) is 83.9 Å². The van der Waals surface area contributed by atoms with Crippen LogP contribution in [-0.4, -0.2) is 53.1 Å². The van der Waals surface area contributed by atoms with Gasteiger partial charge in [0.15, 0.2) is 15.0 Å². The number of amidine groups is 1. The Bertz CT molecular complexity index is 511. The monoisotopic (exact) mass is 276 g/mol. The average molecular weight is 276 g/mol. The van der Waals surface area contributed by atoms with Gasteiger partial charge in [0.1, 0.15) is 0 Å². The molecule has 6 nitrogen and oxygen atoms in total. The highest BCUT2D eigenvalue weighted by molar-refractivity contribution is 8.15. The standard InChI is InChI=1S/C9H12N2O4S2/c1-5(12)10-9-11(6(2)13)7-3-17(14,15)4-8(7)16-9/h7-8H,3-4H2,1-2H3. The van der Waals surface area contributed by atoms with Crippen molar-refractivity contribution >= 4 is 38.6 Å². The molecule has 2 amide bonds. The maximum Gasteiger partial charge on any atom is 0.244 e. The Morgan fingerprint density at radius 1 is 1.35 bits per heavy atom. The summed E-state index contributed by atoms with van der Waals surface area (Å²) in [6.07, 6.45) is 0. The first kappa shape index (κ1) is 12.6. The number of fused-ring (bicyclic) bond motifs is 1. The van der Waals surface area contributed by atoms with E-state index in [0.29, 0.717) is 5.17 Å². The first-order chi connectivity index (χ1) is 7.80. The van der Waals surface area contributed by atoms with Crippen LogP contribution < -0.4 is 0 Å². The Morgan fingerprint density at radius 2 is 2.00 bits per heavy atom. The van der Waals surface area contributed by atoms with Crippen molar-refractivity contribution in [1.29, 1.82) is 0 Å². The van der Waals surface area contributed by atoms with Gasteiger partial charge < -0.3 is 0 Å². The fourth-order valence-electron chi connectivity index (χ4n) is 2.07. The molecule has 2 rings (SSSR count). The van der Waals surface area contributed by atoms with E-state index >= 15 is 0 Å². The van der Waals surface area contributed by atoms with Crippen molar-refractivity contribution in [2.45, 2.75) is 25.1 Å². The van der Waals surface area contributed by atoms with Gasteiger partial charge in [-0.25, -0.2) is 8.42 Å². The summed E-state index contributed by atoms with van der Waals surface area (Å²) in [6, 6.07) is -0.374. The molecule has 0 bridgehead atoms. The predicted octanol–water partition coefficient (Wildman–Crippen LogP) is -0.350. The molecule has 2 heterocycles. The number of hydrogen-bond donors (Lipinski definition) is 0. The van der Waals surface area contributed by atoms with Gasteiger partial charge in [-0.2, -0.15) is 4.99 Å². The van der Waals surface area contributed by atoms with Crippen LogP contribution in [-0.2, 0) is 19.4 Å². The van der Waals surface area contributed by atoms with Gasteiger partial charge in [0.2, 0.25) is 11.8 Å². The summed E-state index contributed by atoms with van der Waals surface area (Å²) in [7, 11) is -3.08. The molecule has 2 aliphatic heterocycles. The van der Waals surface area contributed by atoms with Crippen LogP contribution in [0.25, 0.3) is 0 Å². The highest BCUT2D eigenvalue weighted by Crippen LogP contribution is 2.38. The molecule has 0 aromatic rings. The van der Waals surface area contributed by atoms with Gasteiger partial charge in [-0.15, -0.1) is 0 Å². The molecule has 0 aromatic carbocycles. The zero-order chi connectivity index (χ0) is 12.8. The molecule has 2 aliphatic rings. The van der Waals surface area contributed by atoms with Gasteiger partial charge in [-0.1, -0.05) is 11.8 Å². The third-order valence-electron chi connectivity index (χ3n) is 2.66. The first-order valence-corrected chi connectivity index (χ1v) is 7.76. The van der Waals surface area contributed by atoms with Gasteiger partial charge in [-0.05, 0) is 0 Å². The SMILES string of the molecule is CC(=O)N=C1SC2CS(=O)(=O)CC2N1C(C)=O. The third-order valence-corrected chi connectivity index (χ3v) is 5.87. The van der Waals surface area contributed by atoms with E-state index in [4.69, 9.17) is 0 Å². The summed E-state index contributed by atoms with van der Waals surface area (Å²) in [6.45, 7) is 2.65. The van der Waals surface area contributed by atoms with Crippen LogP contribution in [0.2, 0.25) is 0 Å². The number of hydrogen-bond acceptors (Lipinski definition) is 5. The second-order valence-corrected chi connectivity index (χ2v) is 7.46. The number of carbonyl (C=O) groups excluding carboxylic acids is 2. The van der Waals surface area contributed by atoms with Crippen molar-refractivity contribution in [3.8, 4) is 0 Å². The molecule has 0 aromatic heterocycles. The molecular formula is C9H12N2O4S2. The number of aliphatic imine (C=N–C) groups is 1. The van der Waals surface area contributed by atoms with Crippen molar-refractivity contribution in [1.82, 2.24) is 4.90 Å². The van der Waals surface area contributed by atoms with E-state index in [-0.39, 0.29) is 34.6 Å². The highest BCUT2D eigenvalue weighted by atomic mass is 32.2. The predicted molar refractivity (Wildman–Crippen MR) is 64.5 cm³/mol. The second-order valence-electron chi connectivity index (χ2n) is 4.10. The fourth-order valence-corrected chi connectivity index (χ4v) is 6.05. The average Bonchev–Trinajstić information content (AvgIpc) is 2.53. The van der Waals surface area contributed by atoms with E-state index < -0.39 is 9.84 Å². The first-order valence-electron chi connectivity index (χ1n) is 5.06. The fraction of sp³-hybridized carbons (Fsp3) is 0.667. The van der Waals surface area contributed by atoms with Gasteiger partial charge >= 0.3 is 0 Å². The van der Waals surface area contributed by atoms with Crippen LogP contribution in [0.5, 0.6) is 0 Å². The van der Waals surface area contributed by atoms with Crippen molar-refractivity contribution in [2.75, 3.05) is 11.5 Å². The molecule has 0 N–H and O–H groups in total. The maximum absolute atomic E-state index is 11.5. The molecule has 0 aliphatic carbocycles. The van der Waals surface area contributed by atoms with Crippen molar-refractivity contribution in [2.24, 2.45) is 4.99 Å². The molecule has 2 unspecified atom stereocenters. The van der Waals surface area contributed by atoms with Crippen LogP contribution >= 0.6 is 11.8 Å². The van der Waals surface area contributed by atoms with E-state index in [9.17, 15) is 18.0 Å². The number of carbonyl (C=O) groups is 2. The van der Waals surface area contributed by atoms with Crippen molar-refractivity contribution in [3.63, 3.8) is 0 Å². The van der Waals surface area contributed by atoms with Crippen molar-refractivity contribution in [3.05, 3.63) is 0 Å². The summed E-state index contributed by atoms with van der Waals surface area (Å²) in [5.74, 6) is -0.659. The van der Waals surface area contributed by atoms with Gasteiger partial charge in [0.05, 0.1) is 17.5 Å². The third kappa shape index (κ3) is 2.37. The largest absolute Gasteiger partial charge is 0.286 e. The number of sulfone groups is 1. The van der Waals surface area contributed by atoms with Crippen LogP contribution in [0.4, 0.5) is 0 Å². The quantitative estimate of drug-likeness (QED) is 0.604. The smallest absolute Gasteiger partial charge is 0.244 e. The summed E-state index contributed by atoms with van der Waals surface area (Å²) >= 11 is 1.20. The lowest BCUT2D eigenvalue weighted by Crippen LogP contribution is -2.40. The summed E-state index contributed by atoms with van der Waals surface area (Å²) < 4.78 is 23.0. The Hall–Kier alpha value is -0.890. The maximum atomic E-state index is 11.5. The number of nitrogens with zero attached hydrogens (tertiary/aromatic N) is 2. The minimum atomic E-state index is -3.08. The molecule has 8 heteroatoms. The molecule has 94 valence electrons. The van der Waals surface area contributed by atoms with Gasteiger partial charge in [-0.3, -0.25) is 14.5 Å². The minimum absolute atomic E-state index is 0.0405. The Labute approximate surface area is 103 Å². The molecule has 17 heavy (non-hydrogen) atoms. The Kier molecular flexibility index (Phi) is 3.03. The molecule has 2 saturated heterocycles. The summed E-state index contributed by atoms with van der Waals surface area (Å²) in [5, 5.41) is 0.136. The van der Waals surface area contributed by atoms with E-state index in [1.165, 1.54) is 30.5 Å². The second kappa shape index (κ2) is 4.09. The number of rotatable bonds is 0. The summed E-state index contributed by atoms with van der Waals surface area (Å²) in [5.41, 5.74) is 0. The molecule has 0 radical (unpaired) electrons. The van der Waals surface area contributed by atoms with Gasteiger partial charge in [0.25, 0.3) is 0 Å². The lowest BCUT2D eigenvalue weighted by Gasteiger charge is -2.19. The minimum Gasteiger partial charge on any atom is -0.286 e. The highest BCUT2D eigenvalue weighted by Gasteiger charge is 2.50. The lowest BCUT2D eigenvalue weighted by atomic mass is 10.2. The van der Waals surface area contributed by atoms with Crippen molar-refractivity contribution < 1.29 is 18.0 Å². The zero-order valence-electron chi connectivity index (χ0n) is 9.41. The Balaban J connectivity index is 2.34. The number of thioether (sulfide) groups is 1. The molecule has 0 saturated carbocycles. The van der Waals surface area contributed by atoms with E-state index in [0.717, 1.165) is 0 Å². The van der Waals surface area contributed by atoms with E-state index in [1.807, 2.05) is 0 Å². The van der Waals surface area contributed by atoms with E-state index in [1.54, 1.807) is 0 Å². The Morgan fingerprint density at radius 3 is 2.53 bits per heavy atom. The molecular weight excluding hydrogens is 264 g/mol. The van der Waals surface area contributed by atoms with Crippen LogP contribution in [0.3, 0.4) is 0 Å². The normalized spacial score (nSPS) is 32.8. The zero-order valence-corrected chi connectivity index (χ0v) is 11.0. The van der Waals surface area contributed by atoms with Crippen LogP contribution in [0, 0.1) is 0 Å².